The van der Waals surface area contributed by atoms with Gasteiger partial charge in [0, 0.05) is 24.9 Å². The molecule has 1 N–H and O–H groups in total. The molecule has 1 aromatic heterocycles. The van der Waals surface area contributed by atoms with Gasteiger partial charge in [0.15, 0.2) is 6.61 Å². The monoisotopic (exact) mass is 446 g/mol. The number of esters is 1. The standard InChI is InChI=1S/C23H30N2O5S/c1-4-17(26)24-22-19(23(28)29-5-2)16-11-10-15(3)20(21(16)31-22)30-14-18(27)25-12-8-6-7-9-13-25/h10-11H,4-9,12-14H2,1-3H3,(H,24,26). The first-order chi connectivity index (χ1) is 15.0. The van der Waals surface area contributed by atoms with Crippen molar-refractivity contribution in [3.05, 3.63) is 23.3 Å². The van der Waals surface area contributed by atoms with Gasteiger partial charge in [-0.15, -0.1) is 11.3 Å². The molecule has 0 aliphatic carbocycles. The maximum Gasteiger partial charge on any atom is 0.341 e. The van der Waals surface area contributed by atoms with Crippen molar-refractivity contribution >= 4 is 44.2 Å². The van der Waals surface area contributed by atoms with Crippen molar-refractivity contribution in [3.8, 4) is 5.75 Å². The molecule has 2 amide bonds. The first kappa shape index (κ1) is 23.1. The van der Waals surface area contributed by atoms with Crippen LogP contribution in [0.4, 0.5) is 5.00 Å². The van der Waals surface area contributed by atoms with E-state index in [2.05, 4.69) is 5.32 Å². The molecule has 1 saturated heterocycles. The van der Waals surface area contributed by atoms with E-state index in [1.54, 1.807) is 13.8 Å². The molecule has 0 bridgehead atoms. The van der Waals surface area contributed by atoms with Gasteiger partial charge in [-0.2, -0.15) is 0 Å². The number of rotatable bonds is 7. The van der Waals surface area contributed by atoms with Gasteiger partial charge in [0.1, 0.15) is 16.3 Å². The molecule has 0 saturated carbocycles. The van der Waals surface area contributed by atoms with Crippen molar-refractivity contribution in [2.45, 2.75) is 52.9 Å². The van der Waals surface area contributed by atoms with Crippen LogP contribution in [0.3, 0.4) is 0 Å². The summed E-state index contributed by atoms with van der Waals surface area (Å²) in [6.45, 7) is 7.11. The quantitative estimate of drug-likeness (QED) is 0.632. The zero-order chi connectivity index (χ0) is 22.4. The summed E-state index contributed by atoms with van der Waals surface area (Å²) >= 11 is 1.27. The van der Waals surface area contributed by atoms with Gasteiger partial charge in [-0.1, -0.05) is 31.9 Å². The number of nitrogens with one attached hydrogen (secondary N) is 1. The molecule has 0 atom stereocenters. The third-order valence-corrected chi connectivity index (χ3v) is 6.48. The Balaban J connectivity index is 1.92. The van der Waals surface area contributed by atoms with E-state index < -0.39 is 5.97 Å². The van der Waals surface area contributed by atoms with Gasteiger partial charge in [-0.3, -0.25) is 9.59 Å². The van der Waals surface area contributed by atoms with Crippen molar-refractivity contribution in [3.63, 3.8) is 0 Å². The number of likely N-dealkylation sites (tertiary alicyclic amines) is 1. The smallest absolute Gasteiger partial charge is 0.341 e. The van der Waals surface area contributed by atoms with Crippen LogP contribution in [-0.4, -0.2) is 49.0 Å². The summed E-state index contributed by atoms with van der Waals surface area (Å²) in [6, 6.07) is 3.69. The molecule has 1 aromatic carbocycles. The van der Waals surface area contributed by atoms with Crippen LogP contribution in [0.1, 0.15) is 61.9 Å². The molecule has 7 nitrogen and oxygen atoms in total. The summed E-state index contributed by atoms with van der Waals surface area (Å²) < 4.78 is 11.9. The average molecular weight is 447 g/mol. The summed E-state index contributed by atoms with van der Waals surface area (Å²) in [5, 5.41) is 3.90. The number of ether oxygens (including phenoxy) is 2. The Hall–Kier alpha value is -2.61. The molecule has 0 unspecified atom stereocenters. The molecule has 1 fully saturated rings. The third-order valence-electron chi connectivity index (χ3n) is 5.36. The number of anilines is 1. The summed E-state index contributed by atoms with van der Waals surface area (Å²) in [7, 11) is 0. The van der Waals surface area contributed by atoms with Crippen LogP contribution >= 0.6 is 11.3 Å². The Morgan fingerprint density at radius 1 is 1.10 bits per heavy atom. The second-order valence-electron chi connectivity index (χ2n) is 7.60. The molecule has 2 aromatic rings. The van der Waals surface area contributed by atoms with E-state index in [4.69, 9.17) is 9.47 Å². The molecule has 1 aliphatic rings. The molecule has 0 spiro atoms. The number of fused-ring (bicyclic) bond motifs is 1. The van der Waals surface area contributed by atoms with Crippen molar-refractivity contribution in [1.29, 1.82) is 0 Å². The van der Waals surface area contributed by atoms with Gasteiger partial charge in [0.05, 0.1) is 11.3 Å². The van der Waals surface area contributed by atoms with Crippen LogP contribution in [0.5, 0.6) is 5.75 Å². The van der Waals surface area contributed by atoms with Crippen LogP contribution in [0.25, 0.3) is 10.1 Å². The Morgan fingerprint density at radius 2 is 1.81 bits per heavy atom. The number of nitrogens with zero attached hydrogens (tertiary/aromatic N) is 1. The second kappa shape index (κ2) is 10.6. The van der Waals surface area contributed by atoms with E-state index in [1.807, 2.05) is 24.0 Å². The van der Waals surface area contributed by atoms with E-state index in [0.717, 1.165) is 49.0 Å². The molecule has 3 rings (SSSR count). The fourth-order valence-electron chi connectivity index (χ4n) is 3.67. The van der Waals surface area contributed by atoms with Crippen molar-refractivity contribution in [1.82, 2.24) is 4.90 Å². The second-order valence-corrected chi connectivity index (χ2v) is 8.62. The fraction of sp³-hybridized carbons (Fsp3) is 0.522. The van der Waals surface area contributed by atoms with Crippen LogP contribution in [0.15, 0.2) is 12.1 Å². The Morgan fingerprint density at radius 3 is 2.45 bits per heavy atom. The van der Waals surface area contributed by atoms with Crippen LogP contribution in [-0.2, 0) is 14.3 Å². The highest BCUT2D eigenvalue weighted by Gasteiger charge is 2.25. The Labute approximate surface area is 186 Å². The maximum atomic E-state index is 12.7. The highest BCUT2D eigenvalue weighted by atomic mass is 32.1. The summed E-state index contributed by atoms with van der Waals surface area (Å²) in [5.74, 6) is -0.142. The molecule has 31 heavy (non-hydrogen) atoms. The van der Waals surface area contributed by atoms with Crippen molar-refractivity contribution in [2.24, 2.45) is 0 Å². The molecule has 168 valence electrons. The van der Waals surface area contributed by atoms with Crippen molar-refractivity contribution < 1.29 is 23.9 Å². The zero-order valence-corrected chi connectivity index (χ0v) is 19.2. The lowest BCUT2D eigenvalue weighted by Crippen LogP contribution is -2.35. The zero-order valence-electron chi connectivity index (χ0n) is 18.4. The topological polar surface area (TPSA) is 84.9 Å². The van der Waals surface area contributed by atoms with Gasteiger partial charge >= 0.3 is 5.97 Å². The number of hydrogen-bond acceptors (Lipinski definition) is 6. The third kappa shape index (κ3) is 5.36. The van der Waals surface area contributed by atoms with E-state index in [1.165, 1.54) is 11.3 Å². The molecule has 1 aliphatic heterocycles. The Bertz CT molecular complexity index is 961. The van der Waals surface area contributed by atoms with Gasteiger partial charge < -0.3 is 19.7 Å². The molecule has 0 radical (unpaired) electrons. The lowest BCUT2D eigenvalue weighted by atomic mass is 10.1. The Kier molecular flexibility index (Phi) is 7.90. The predicted octanol–water partition coefficient (Wildman–Crippen LogP) is 4.52. The SMILES string of the molecule is CCOC(=O)c1c(NC(=O)CC)sc2c(OCC(=O)N3CCCCCC3)c(C)ccc12. The largest absolute Gasteiger partial charge is 0.482 e. The number of carbonyl (C=O) groups is 3. The number of carbonyl (C=O) groups excluding carboxylic acids is 3. The van der Waals surface area contributed by atoms with Gasteiger partial charge in [-0.05, 0) is 32.3 Å². The van der Waals surface area contributed by atoms with Crippen LogP contribution in [0, 0.1) is 6.92 Å². The minimum Gasteiger partial charge on any atom is -0.482 e. The number of benzene rings is 1. The highest BCUT2D eigenvalue weighted by molar-refractivity contribution is 7.24. The minimum absolute atomic E-state index is 0.0278. The van der Waals surface area contributed by atoms with Crippen molar-refractivity contribution in [2.75, 3.05) is 31.6 Å². The van der Waals surface area contributed by atoms with Crippen LogP contribution < -0.4 is 10.1 Å². The average Bonchev–Trinajstić information content (AvgIpc) is 2.91. The lowest BCUT2D eigenvalue weighted by Gasteiger charge is -2.20. The summed E-state index contributed by atoms with van der Waals surface area (Å²) in [4.78, 5) is 39.2. The number of thiophene rings is 1. The van der Waals surface area contributed by atoms with Gasteiger partial charge in [0.2, 0.25) is 5.91 Å². The normalized spacial score (nSPS) is 14.2. The minimum atomic E-state index is -0.490. The van der Waals surface area contributed by atoms with E-state index in [0.29, 0.717) is 28.1 Å². The van der Waals surface area contributed by atoms with E-state index >= 15 is 0 Å². The highest BCUT2D eigenvalue weighted by Crippen LogP contribution is 2.43. The lowest BCUT2D eigenvalue weighted by molar-refractivity contribution is -0.133. The summed E-state index contributed by atoms with van der Waals surface area (Å²) in [6.07, 6.45) is 4.65. The fourth-order valence-corrected chi connectivity index (χ4v) is 4.93. The first-order valence-electron chi connectivity index (χ1n) is 10.9. The number of amides is 2. The molecular weight excluding hydrogens is 416 g/mol. The van der Waals surface area contributed by atoms with E-state index in [-0.39, 0.29) is 25.0 Å². The van der Waals surface area contributed by atoms with Gasteiger partial charge in [0.25, 0.3) is 5.91 Å². The first-order valence-corrected chi connectivity index (χ1v) is 11.7. The molecular formula is C23H30N2O5S. The molecule has 8 heteroatoms. The summed E-state index contributed by atoms with van der Waals surface area (Å²) in [5.41, 5.74) is 1.19. The number of aryl methyl sites for hydroxylation is 1. The predicted molar refractivity (Wildman–Crippen MR) is 122 cm³/mol. The van der Waals surface area contributed by atoms with E-state index in [9.17, 15) is 14.4 Å². The number of hydrogen-bond donors (Lipinski definition) is 1. The maximum absolute atomic E-state index is 12.7. The van der Waals surface area contributed by atoms with Gasteiger partial charge in [-0.25, -0.2) is 4.79 Å². The molecule has 2 heterocycles. The van der Waals surface area contributed by atoms with Crippen LogP contribution in [0.2, 0.25) is 0 Å².